The van der Waals surface area contributed by atoms with E-state index in [2.05, 4.69) is 26.5 Å². The molecule has 0 saturated heterocycles. The first-order valence-corrected chi connectivity index (χ1v) is 8.75. The van der Waals surface area contributed by atoms with Crippen molar-refractivity contribution in [3.63, 3.8) is 0 Å². The molecular weight excluding hydrogens is 442 g/mol. The number of nitro benzene ring substituents is 1. The summed E-state index contributed by atoms with van der Waals surface area (Å²) in [5, 5.41) is 24.5. The van der Waals surface area contributed by atoms with E-state index < -0.39 is 22.3 Å². The summed E-state index contributed by atoms with van der Waals surface area (Å²) in [5.74, 6) is -0.493. The highest BCUT2D eigenvalue weighted by molar-refractivity contribution is 9.10. The third-order valence-corrected chi connectivity index (χ3v) is 5.09. The summed E-state index contributed by atoms with van der Waals surface area (Å²) in [7, 11) is 0. The Labute approximate surface area is 168 Å². The zero-order chi connectivity index (χ0) is 20.1. The molecule has 0 saturated carbocycles. The Morgan fingerprint density at radius 1 is 1.44 bits per heavy atom. The number of hydrogen-bond donors (Lipinski definition) is 2. The first-order chi connectivity index (χ1) is 12.7. The minimum atomic E-state index is -0.715. The SMILES string of the molecule is Cc1cc(OCC(=O)N/N=C/c2ccc(O)c([N+](=O)[O-])c2)c(Br)c(C)c1Cl. The van der Waals surface area contributed by atoms with Crippen molar-refractivity contribution < 1.29 is 19.6 Å². The second-order valence-electron chi connectivity index (χ2n) is 5.53. The van der Waals surface area contributed by atoms with Gasteiger partial charge in [-0.2, -0.15) is 5.10 Å². The molecule has 0 bridgehead atoms. The highest BCUT2D eigenvalue weighted by atomic mass is 79.9. The number of aryl methyl sites for hydroxylation is 1. The number of nitrogens with one attached hydrogen (secondary N) is 1. The number of halogens is 2. The summed E-state index contributed by atoms with van der Waals surface area (Å²) in [4.78, 5) is 21.9. The van der Waals surface area contributed by atoms with Crippen LogP contribution in [0.25, 0.3) is 0 Å². The van der Waals surface area contributed by atoms with Crippen LogP contribution in [-0.4, -0.2) is 28.8 Å². The van der Waals surface area contributed by atoms with Gasteiger partial charge in [0.2, 0.25) is 0 Å². The van der Waals surface area contributed by atoms with Gasteiger partial charge < -0.3 is 9.84 Å². The smallest absolute Gasteiger partial charge is 0.311 e. The Morgan fingerprint density at radius 3 is 2.81 bits per heavy atom. The van der Waals surface area contributed by atoms with Crippen molar-refractivity contribution in [1.82, 2.24) is 5.43 Å². The number of nitrogens with zero attached hydrogens (tertiary/aromatic N) is 2. The van der Waals surface area contributed by atoms with Crippen LogP contribution in [0.15, 0.2) is 33.8 Å². The molecule has 0 aliphatic carbocycles. The van der Waals surface area contributed by atoms with Gasteiger partial charge >= 0.3 is 5.69 Å². The number of ether oxygens (including phenoxy) is 1. The van der Waals surface area contributed by atoms with Crippen molar-refractivity contribution in [3.8, 4) is 11.5 Å². The largest absolute Gasteiger partial charge is 0.502 e. The first-order valence-electron chi connectivity index (χ1n) is 7.58. The van der Waals surface area contributed by atoms with E-state index in [1.807, 2.05) is 13.8 Å². The number of rotatable bonds is 6. The van der Waals surface area contributed by atoms with E-state index in [0.717, 1.165) is 17.2 Å². The number of carbonyl (C=O) groups excluding carboxylic acids is 1. The maximum absolute atomic E-state index is 11.8. The summed E-state index contributed by atoms with van der Waals surface area (Å²) < 4.78 is 6.13. The molecule has 0 fully saturated rings. The van der Waals surface area contributed by atoms with Crippen LogP contribution in [0.2, 0.25) is 5.02 Å². The molecule has 2 rings (SSSR count). The number of amides is 1. The molecule has 0 aliphatic heterocycles. The minimum Gasteiger partial charge on any atom is -0.502 e. The van der Waals surface area contributed by atoms with Gasteiger partial charge in [0.1, 0.15) is 5.75 Å². The van der Waals surface area contributed by atoms with E-state index in [-0.39, 0.29) is 6.61 Å². The average Bonchev–Trinajstić information content (AvgIpc) is 2.63. The van der Waals surface area contributed by atoms with Gasteiger partial charge in [0.15, 0.2) is 12.4 Å². The molecule has 0 aromatic heterocycles. The molecule has 2 N–H and O–H groups in total. The van der Waals surface area contributed by atoms with E-state index in [9.17, 15) is 20.0 Å². The number of benzene rings is 2. The molecule has 8 nitrogen and oxygen atoms in total. The van der Waals surface area contributed by atoms with Crippen LogP contribution < -0.4 is 10.2 Å². The van der Waals surface area contributed by atoms with E-state index >= 15 is 0 Å². The van der Waals surface area contributed by atoms with Crippen LogP contribution in [0.4, 0.5) is 5.69 Å². The fourth-order valence-electron chi connectivity index (χ4n) is 2.13. The Kier molecular flexibility index (Phi) is 6.75. The predicted octanol–water partition coefficient (Wildman–Crippen LogP) is 3.86. The standard InChI is InChI=1S/C17H15BrClN3O5/c1-9-5-14(16(18)10(2)17(9)19)27-8-15(24)21-20-7-11-3-4-13(23)12(6-11)22(25)26/h3-7,23H,8H2,1-2H3,(H,21,24)/b20-7+. The lowest BCUT2D eigenvalue weighted by Gasteiger charge is -2.12. The van der Waals surface area contributed by atoms with Crippen molar-refractivity contribution in [3.05, 3.63) is 60.6 Å². The number of phenolic OH excluding ortho intramolecular Hbond substituents is 1. The average molecular weight is 457 g/mol. The summed E-state index contributed by atoms with van der Waals surface area (Å²) in [6, 6.07) is 5.45. The second-order valence-corrected chi connectivity index (χ2v) is 6.70. The van der Waals surface area contributed by atoms with Crippen LogP contribution in [0, 0.1) is 24.0 Å². The summed E-state index contributed by atoms with van der Waals surface area (Å²) in [6.45, 7) is 3.37. The van der Waals surface area contributed by atoms with Gasteiger partial charge in [-0.1, -0.05) is 11.6 Å². The number of phenols is 1. The van der Waals surface area contributed by atoms with Gasteiger partial charge in [-0.3, -0.25) is 14.9 Å². The zero-order valence-corrected chi connectivity index (χ0v) is 16.7. The lowest BCUT2D eigenvalue weighted by atomic mass is 10.1. The van der Waals surface area contributed by atoms with Gasteiger partial charge in [-0.05, 0) is 59.1 Å². The van der Waals surface area contributed by atoms with Gasteiger partial charge in [0.05, 0.1) is 15.6 Å². The lowest BCUT2D eigenvalue weighted by Crippen LogP contribution is -2.24. The normalized spacial score (nSPS) is 10.8. The Balaban J connectivity index is 1.97. The number of aromatic hydroxyl groups is 1. The third kappa shape index (κ3) is 5.18. The maximum Gasteiger partial charge on any atom is 0.311 e. The van der Waals surface area contributed by atoms with E-state index in [1.165, 1.54) is 18.3 Å². The highest BCUT2D eigenvalue weighted by Gasteiger charge is 2.13. The van der Waals surface area contributed by atoms with Crippen molar-refractivity contribution >= 4 is 45.3 Å². The van der Waals surface area contributed by atoms with Crippen molar-refractivity contribution in [2.75, 3.05) is 6.61 Å². The molecule has 1 amide bonds. The summed E-state index contributed by atoms with van der Waals surface area (Å²) in [6.07, 6.45) is 1.22. The van der Waals surface area contributed by atoms with Crippen LogP contribution in [0.3, 0.4) is 0 Å². The number of nitro groups is 1. The summed E-state index contributed by atoms with van der Waals surface area (Å²) >= 11 is 9.52. The molecule has 2 aromatic rings. The van der Waals surface area contributed by atoms with Gasteiger partial charge in [-0.15, -0.1) is 0 Å². The second kappa shape index (κ2) is 8.83. The topological polar surface area (TPSA) is 114 Å². The van der Waals surface area contributed by atoms with Crippen LogP contribution in [0.1, 0.15) is 16.7 Å². The van der Waals surface area contributed by atoms with E-state index in [4.69, 9.17) is 16.3 Å². The van der Waals surface area contributed by atoms with Crippen LogP contribution >= 0.6 is 27.5 Å². The first kappa shape index (κ1) is 20.7. The lowest BCUT2D eigenvalue weighted by molar-refractivity contribution is -0.385. The van der Waals surface area contributed by atoms with Crippen molar-refractivity contribution in [2.24, 2.45) is 5.10 Å². The number of hydrogen-bond acceptors (Lipinski definition) is 6. The molecule has 0 heterocycles. The Bertz CT molecular complexity index is 933. The van der Waals surface area contributed by atoms with Crippen molar-refractivity contribution in [2.45, 2.75) is 13.8 Å². The predicted molar refractivity (Wildman–Crippen MR) is 105 cm³/mol. The number of carbonyl (C=O) groups is 1. The Hall–Kier alpha value is -2.65. The minimum absolute atomic E-state index is 0.286. The van der Waals surface area contributed by atoms with E-state index in [1.54, 1.807) is 6.07 Å². The highest BCUT2D eigenvalue weighted by Crippen LogP contribution is 2.35. The van der Waals surface area contributed by atoms with E-state index in [0.29, 0.717) is 20.8 Å². The Morgan fingerprint density at radius 2 is 2.15 bits per heavy atom. The molecular formula is C17H15BrClN3O5. The molecule has 0 spiro atoms. The summed E-state index contributed by atoms with van der Waals surface area (Å²) in [5.41, 5.74) is 3.77. The molecule has 0 atom stereocenters. The zero-order valence-electron chi connectivity index (χ0n) is 14.3. The van der Waals surface area contributed by atoms with Gasteiger partial charge in [0, 0.05) is 16.7 Å². The number of hydrazone groups is 1. The monoisotopic (exact) mass is 455 g/mol. The third-order valence-electron chi connectivity index (χ3n) is 3.53. The van der Waals surface area contributed by atoms with Gasteiger partial charge in [0.25, 0.3) is 5.91 Å². The van der Waals surface area contributed by atoms with Crippen LogP contribution in [0.5, 0.6) is 11.5 Å². The fraction of sp³-hybridized carbons (Fsp3) is 0.176. The maximum atomic E-state index is 11.8. The van der Waals surface area contributed by atoms with Crippen LogP contribution in [-0.2, 0) is 4.79 Å². The molecule has 142 valence electrons. The quantitative estimate of drug-likeness (QED) is 0.389. The molecule has 2 aromatic carbocycles. The molecule has 27 heavy (non-hydrogen) atoms. The molecule has 10 heteroatoms. The van der Waals surface area contributed by atoms with Crippen molar-refractivity contribution in [1.29, 1.82) is 0 Å². The van der Waals surface area contributed by atoms with Gasteiger partial charge in [-0.25, -0.2) is 5.43 Å². The molecule has 0 radical (unpaired) electrons. The fourth-order valence-corrected chi connectivity index (χ4v) is 2.82. The molecule has 0 unspecified atom stereocenters. The molecule has 0 aliphatic rings.